The van der Waals surface area contributed by atoms with Gasteiger partial charge >= 0.3 is 0 Å². The number of hydrogen-bond donors (Lipinski definition) is 0. The standard InChI is InChI=1S/C24H14Cl3N3OS2/c25-14-10-11-16(18(26)12-14)19(31)13-32-24-29-28-23(30(24)15-6-2-1-3-7-15)22-21(27)17-8-4-5-9-20(17)33-22/h1-12H,13H2. The molecule has 5 aromatic rings. The highest BCUT2D eigenvalue weighted by atomic mass is 35.5. The quantitative estimate of drug-likeness (QED) is 0.164. The summed E-state index contributed by atoms with van der Waals surface area (Å²) in [5.41, 5.74) is 1.30. The van der Waals surface area contributed by atoms with Gasteiger partial charge in [-0.1, -0.05) is 83.0 Å². The number of fused-ring (bicyclic) bond motifs is 1. The van der Waals surface area contributed by atoms with Crippen LogP contribution in [0.2, 0.25) is 15.1 Å². The Bertz CT molecular complexity index is 1480. The summed E-state index contributed by atoms with van der Waals surface area (Å²) < 4.78 is 3.00. The van der Waals surface area contributed by atoms with Crippen LogP contribution < -0.4 is 0 Å². The highest BCUT2D eigenvalue weighted by Crippen LogP contribution is 2.42. The number of carbonyl (C=O) groups is 1. The summed E-state index contributed by atoms with van der Waals surface area (Å²) in [5.74, 6) is 0.657. The van der Waals surface area contributed by atoms with Crippen LogP contribution in [-0.2, 0) is 0 Å². The molecule has 0 radical (unpaired) electrons. The molecule has 0 unspecified atom stereocenters. The van der Waals surface area contributed by atoms with E-state index in [0.29, 0.717) is 31.6 Å². The van der Waals surface area contributed by atoms with E-state index in [1.807, 2.05) is 59.2 Å². The molecule has 4 nitrogen and oxygen atoms in total. The molecule has 0 bridgehead atoms. The van der Waals surface area contributed by atoms with Crippen molar-refractivity contribution in [1.82, 2.24) is 14.8 Å². The largest absolute Gasteiger partial charge is 0.293 e. The van der Waals surface area contributed by atoms with E-state index >= 15 is 0 Å². The smallest absolute Gasteiger partial charge is 0.196 e. The van der Waals surface area contributed by atoms with Crippen molar-refractivity contribution < 1.29 is 4.79 Å². The molecule has 0 spiro atoms. The molecule has 2 aromatic heterocycles. The second-order valence-corrected chi connectivity index (χ2v) is 10.3. The number of thioether (sulfide) groups is 1. The number of thiophene rings is 1. The fourth-order valence-corrected chi connectivity index (χ4v) is 6.24. The van der Waals surface area contributed by atoms with Crippen LogP contribution in [-0.4, -0.2) is 26.3 Å². The van der Waals surface area contributed by atoms with Gasteiger partial charge in [0.05, 0.1) is 20.7 Å². The molecular formula is C24H14Cl3N3OS2. The number of halogens is 3. The fourth-order valence-electron chi connectivity index (χ4n) is 3.40. The molecular weight excluding hydrogens is 517 g/mol. The normalized spacial score (nSPS) is 11.2. The number of para-hydroxylation sites is 1. The van der Waals surface area contributed by atoms with Crippen molar-refractivity contribution in [2.75, 3.05) is 5.75 Å². The number of carbonyl (C=O) groups excluding carboxylic acids is 1. The highest BCUT2D eigenvalue weighted by molar-refractivity contribution is 7.99. The van der Waals surface area contributed by atoms with Crippen LogP contribution in [0.4, 0.5) is 0 Å². The molecule has 5 rings (SSSR count). The van der Waals surface area contributed by atoms with Gasteiger partial charge in [0, 0.05) is 26.4 Å². The average Bonchev–Trinajstić information content (AvgIpc) is 3.39. The molecule has 0 atom stereocenters. The van der Waals surface area contributed by atoms with Crippen LogP contribution in [0.25, 0.3) is 26.5 Å². The highest BCUT2D eigenvalue weighted by Gasteiger charge is 2.22. The Labute approximate surface area is 213 Å². The van der Waals surface area contributed by atoms with Gasteiger partial charge in [0.15, 0.2) is 16.8 Å². The maximum atomic E-state index is 12.8. The third-order valence-electron chi connectivity index (χ3n) is 4.95. The summed E-state index contributed by atoms with van der Waals surface area (Å²) in [6.45, 7) is 0. The van der Waals surface area contributed by atoms with Crippen molar-refractivity contribution in [3.8, 4) is 16.4 Å². The lowest BCUT2D eigenvalue weighted by molar-refractivity contribution is 0.102. The molecule has 164 valence electrons. The molecule has 33 heavy (non-hydrogen) atoms. The van der Waals surface area contributed by atoms with Gasteiger partial charge in [0.25, 0.3) is 0 Å². The van der Waals surface area contributed by atoms with Crippen molar-refractivity contribution in [2.45, 2.75) is 5.16 Å². The first-order valence-corrected chi connectivity index (χ1v) is 12.8. The number of nitrogens with zero attached hydrogens (tertiary/aromatic N) is 3. The predicted molar refractivity (Wildman–Crippen MR) is 139 cm³/mol. The van der Waals surface area contributed by atoms with E-state index in [1.165, 1.54) is 11.8 Å². The van der Waals surface area contributed by atoms with E-state index in [4.69, 9.17) is 34.8 Å². The van der Waals surface area contributed by atoms with Crippen molar-refractivity contribution in [2.24, 2.45) is 0 Å². The summed E-state index contributed by atoms with van der Waals surface area (Å²) in [5, 5.41) is 11.9. The van der Waals surface area contributed by atoms with Crippen LogP contribution >= 0.6 is 57.9 Å². The van der Waals surface area contributed by atoms with E-state index in [2.05, 4.69) is 10.2 Å². The Morgan fingerprint density at radius 1 is 0.939 bits per heavy atom. The minimum atomic E-state index is -0.120. The fraction of sp³-hybridized carbons (Fsp3) is 0.0417. The third-order valence-corrected chi connectivity index (χ3v) is 8.10. The number of Topliss-reactive ketones (excluding diaryl/α,β-unsaturated/α-hetero) is 1. The zero-order valence-corrected chi connectivity index (χ0v) is 20.7. The number of ketones is 1. The number of benzene rings is 3. The van der Waals surface area contributed by atoms with E-state index in [9.17, 15) is 4.79 Å². The zero-order chi connectivity index (χ0) is 22.9. The summed E-state index contributed by atoms with van der Waals surface area (Å²) in [7, 11) is 0. The minimum Gasteiger partial charge on any atom is -0.293 e. The van der Waals surface area contributed by atoms with Crippen LogP contribution in [0.3, 0.4) is 0 Å². The Balaban J connectivity index is 1.54. The van der Waals surface area contributed by atoms with Gasteiger partial charge in [0.2, 0.25) is 0 Å². The molecule has 3 aromatic carbocycles. The molecule has 0 saturated carbocycles. The van der Waals surface area contributed by atoms with Gasteiger partial charge in [0.1, 0.15) is 0 Å². The lowest BCUT2D eigenvalue weighted by Crippen LogP contribution is -2.05. The molecule has 0 aliphatic carbocycles. The first-order chi connectivity index (χ1) is 16.0. The molecule has 0 aliphatic rings. The van der Waals surface area contributed by atoms with Gasteiger partial charge in [-0.05, 0) is 36.4 Å². The number of aromatic nitrogens is 3. The summed E-state index contributed by atoms with van der Waals surface area (Å²) in [6, 6.07) is 22.6. The first kappa shape index (κ1) is 22.4. The molecule has 0 aliphatic heterocycles. The second-order valence-electron chi connectivity index (χ2n) is 7.05. The van der Waals surface area contributed by atoms with Gasteiger partial charge < -0.3 is 0 Å². The van der Waals surface area contributed by atoms with Crippen molar-refractivity contribution in [3.05, 3.63) is 93.4 Å². The van der Waals surface area contributed by atoms with Gasteiger partial charge in [-0.15, -0.1) is 21.5 Å². The maximum absolute atomic E-state index is 12.8. The Kier molecular flexibility index (Phi) is 6.45. The number of hydrogen-bond acceptors (Lipinski definition) is 5. The molecule has 2 heterocycles. The first-order valence-electron chi connectivity index (χ1n) is 9.82. The number of rotatable bonds is 6. The third kappa shape index (κ3) is 4.42. The van der Waals surface area contributed by atoms with Crippen LogP contribution in [0.15, 0.2) is 78.0 Å². The minimum absolute atomic E-state index is 0.120. The van der Waals surface area contributed by atoms with Crippen molar-refractivity contribution in [3.63, 3.8) is 0 Å². The van der Waals surface area contributed by atoms with Crippen LogP contribution in [0.5, 0.6) is 0 Å². The lowest BCUT2D eigenvalue weighted by Gasteiger charge is -2.10. The van der Waals surface area contributed by atoms with E-state index < -0.39 is 0 Å². The summed E-state index contributed by atoms with van der Waals surface area (Å²) in [4.78, 5) is 13.6. The predicted octanol–water partition coefficient (Wildman–Crippen LogP) is 8.08. The SMILES string of the molecule is O=C(CSc1nnc(-c2sc3ccccc3c2Cl)n1-c1ccccc1)c1ccc(Cl)cc1Cl. The van der Waals surface area contributed by atoms with Crippen LogP contribution in [0, 0.1) is 0 Å². The van der Waals surface area contributed by atoms with Crippen molar-refractivity contribution in [1.29, 1.82) is 0 Å². The van der Waals surface area contributed by atoms with E-state index in [1.54, 1.807) is 29.5 Å². The van der Waals surface area contributed by atoms with Gasteiger partial charge in [-0.25, -0.2) is 0 Å². The summed E-state index contributed by atoms with van der Waals surface area (Å²) in [6.07, 6.45) is 0. The molecule has 0 saturated heterocycles. The Hall–Kier alpha value is -2.35. The monoisotopic (exact) mass is 529 g/mol. The second kappa shape index (κ2) is 9.49. The zero-order valence-electron chi connectivity index (χ0n) is 16.8. The summed E-state index contributed by atoms with van der Waals surface area (Å²) >= 11 is 21.8. The van der Waals surface area contributed by atoms with Crippen LogP contribution in [0.1, 0.15) is 10.4 Å². The molecule has 0 N–H and O–H groups in total. The molecule has 9 heteroatoms. The maximum Gasteiger partial charge on any atom is 0.196 e. The van der Waals surface area contributed by atoms with Gasteiger partial charge in [-0.2, -0.15) is 0 Å². The average molecular weight is 531 g/mol. The topological polar surface area (TPSA) is 47.8 Å². The lowest BCUT2D eigenvalue weighted by atomic mass is 10.1. The van der Waals surface area contributed by atoms with E-state index in [0.717, 1.165) is 20.7 Å². The Morgan fingerprint density at radius 2 is 1.70 bits per heavy atom. The van der Waals surface area contributed by atoms with Gasteiger partial charge in [-0.3, -0.25) is 9.36 Å². The Morgan fingerprint density at radius 3 is 2.45 bits per heavy atom. The molecule has 0 amide bonds. The van der Waals surface area contributed by atoms with Crippen molar-refractivity contribution >= 4 is 73.8 Å². The molecule has 0 fully saturated rings. The van der Waals surface area contributed by atoms with E-state index in [-0.39, 0.29) is 11.5 Å².